The molecule has 1 aromatic carbocycles. The molecule has 0 unspecified atom stereocenters. The van der Waals surface area contributed by atoms with Gasteiger partial charge in [0.05, 0.1) is 11.6 Å². The van der Waals surface area contributed by atoms with Crippen molar-refractivity contribution in [3.63, 3.8) is 0 Å². The fraction of sp³-hybridized carbons (Fsp3) is 0.400. The van der Waals surface area contributed by atoms with Gasteiger partial charge in [0.2, 0.25) is 5.16 Å². The van der Waals surface area contributed by atoms with E-state index in [0.29, 0.717) is 18.1 Å². The molecule has 9 heteroatoms. The molecule has 0 aliphatic heterocycles. The maximum absolute atomic E-state index is 5.62. The van der Waals surface area contributed by atoms with E-state index in [0.717, 1.165) is 34.0 Å². The number of hydrogen-bond donors (Lipinski definition) is 1. The van der Waals surface area contributed by atoms with E-state index in [1.165, 1.54) is 0 Å². The van der Waals surface area contributed by atoms with Gasteiger partial charge < -0.3 is 14.8 Å². The molecule has 24 heavy (non-hydrogen) atoms. The quantitative estimate of drug-likeness (QED) is 0.364. The SMILES string of the molecule is C=CCOc1c(Br)cc(CNCCSc2nnnn2C)cc1OC. The first-order valence-electron chi connectivity index (χ1n) is 7.31. The van der Waals surface area contributed by atoms with Crippen molar-refractivity contribution in [3.8, 4) is 11.5 Å². The van der Waals surface area contributed by atoms with E-state index in [2.05, 4.69) is 43.4 Å². The lowest BCUT2D eigenvalue weighted by molar-refractivity contribution is 0.324. The van der Waals surface area contributed by atoms with Gasteiger partial charge in [0.15, 0.2) is 11.5 Å². The number of rotatable bonds is 10. The van der Waals surface area contributed by atoms with Crippen LogP contribution in [0.4, 0.5) is 0 Å². The van der Waals surface area contributed by atoms with Crippen molar-refractivity contribution in [1.82, 2.24) is 25.5 Å². The number of tetrazole rings is 1. The molecule has 130 valence electrons. The first kappa shape index (κ1) is 18.8. The Balaban J connectivity index is 1.84. The highest BCUT2D eigenvalue weighted by atomic mass is 79.9. The average molecular weight is 414 g/mol. The summed E-state index contributed by atoms with van der Waals surface area (Å²) in [6.07, 6.45) is 1.70. The zero-order valence-electron chi connectivity index (χ0n) is 13.7. The van der Waals surface area contributed by atoms with Crippen molar-refractivity contribution in [1.29, 1.82) is 0 Å². The number of methoxy groups -OCH3 is 1. The number of benzene rings is 1. The fourth-order valence-electron chi connectivity index (χ4n) is 1.95. The molecule has 0 aliphatic rings. The largest absolute Gasteiger partial charge is 0.493 e. The van der Waals surface area contributed by atoms with E-state index in [1.807, 2.05) is 19.2 Å². The molecule has 0 spiro atoms. The number of ether oxygens (including phenoxy) is 2. The fourth-order valence-corrected chi connectivity index (χ4v) is 3.30. The van der Waals surface area contributed by atoms with Crippen LogP contribution in [-0.2, 0) is 13.6 Å². The molecule has 0 fully saturated rings. The number of aromatic nitrogens is 4. The van der Waals surface area contributed by atoms with Crippen molar-refractivity contribution < 1.29 is 9.47 Å². The monoisotopic (exact) mass is 413 g/mol. The van der Waals surface area contributed by atoms with Crippen LogP contribution in [0.15, 0.2) is 34.4 Å². The number of halogens is 1. The highest BCUT2D eigenvalue weighted by Crippen LogP contribution is 2.36. The van der Waals surface area contributed by atoms with Gasteiger partial charge in [-0.25, -0.2) is 4.68 Å². The van der Waals surface area contributed by atoms with Crippen molar-refractivity contribution >= 4 is 27.7 Å². The first-order chi connectivity index (χ1) is 11.7. The van der Waals surface area contributed by atoms with Crippen LogP contribution in [-0.4, -0.2) is 46.2 Å². The predicted octanol–water partition coefficient (Wildman–Crippen LogP) is 2.43. The number of hydrogen-bond acceptors (Lipinski definition) is 7. The van der Waals surface area contributed by atoms with E-state index in [1.54, 1.807) is 29.6 Å². The third kappa shape index (κ3) is 5.22. The third-order valence-corrected chi connectivity index (χ3v) is 4.66. The van der Waals surface area contributed by atoms with Gasteiger partial charge in [-0.1, -0.05) is 24.4 Å². The highest BCUT2D eigenvalue weighted by Gasteiger charge is 2.11. The first-order valence-corrected chi connectivity index (χ1v) is 9.09. The van der Waals surface area contributed by atoms with E-state index >= 15 is 0 Å². The molecule has 0 amide bonds. The summed E-state index contributed by atoms with van der Waals surface area (Å²) in [5.74, 6) is 2.27. The second-order valence-corrected chi connectivity index (χ2v) is 6.74. The van der Waals surface area contributed by atoms with Gasteiger partial charge in [0, 0.05) is 25.9 Å². The Labute approximate surface area is 153 Å². The lowest BCUT2D eigenvalue weighted by atomic mass is 10.2. The van der Waals surface area contributed by atoms with Gasteiger partial charge in [-0.3, -0.25) is 0 Å². The Morgan fingerprint density at radius 1 is 1.46 bits per heavy atom. The summed E-state index contributed by atoms with van der Waals surface area (Å²) in [7, 11) is 3.46. The Morgan fingerprint density at radius 2 is 2.29 bits per heavy atom. The van der Waals surface area contributed by atoms with Gasteiger partial charge in [0.25, 0.3) is 0 Å². The van der Waals surface area contributed by atoms with Crippen LogP contribution >= 0.6 is 27.7 Å². The second-order valence-electron chi connectivity index (χ2n) is 4.82. The molecular weight excluding hydrogens is 394 g/mol. The summed E-state index contributed by atoms with van der Waals surface area (Å²) < 4.78 is 13.6. The Bertz CT molecular complexity index is 680. The molecule has 0 atom stereocenters. The minimum Gasteiger partial charge on any atom is -0.493 e. The van der Waals surface area contributed by atoms with Crippen LogP contribution in [0.1, 0.15) is 5.56 Å². The van der Waals surface area contributed by atoms with Gasteiger partial charge in [-0.05, 0) is 44.1 Å². The lowest BCUT2D eigenvalue weighted by Crippen LogP contribution is -2.17. The molecule has 7 nitrogen and oxygen atoms in total. The Morgan fingerprint density at radius 3 is 2.96 bits per heavy atom. The summed E-state index contributed by atoms with van der Waals surface area (Å²) in [5.41, 5.74) is 1.11. The van der Waals surface area contributed by atoms with Gasteiger partial charge >= 0.3 is 0 Å². The maximum atomic E-state index is 5.62. The normalized spacial score (nSPS) is 10.6. The minimum absolute atomic E-state index is 0.431. The van der Waals surface area contributed by atoms with Crippen molar-refractivity contribution in [2.45, 2.75) is 11.7 Å². The number of nitrogens with zero attached hydrogens (tertiary/aromatic N) is 4. The molecule has 0 bridgehead atoms. The molecule has 0 radical (unpaired) electrons. The standard InChI is InChI=1S/C15H20BrN5O2S/c1-4-6-23-14-12(16)8-11(9-13(14)22-3)10-17-5-7-24-15-18-19-20-21(15)2/h4,8-9,17H,1,5-7,10H2,2-3H3. The van der Waals surface area contributed by atoms with E-state index in [4.69, 9.17) is 9.47 Å². The molecule has 2 aromatic rings. The second kappa shape index (κ2) is 9.65. The number of aryl methyl sites for hydroxylation is 1. The Kier molecular flexibility index (Phi) is 7.54. The third-order valence-electron chi connectivity index (χ3n) is 3.06. The molecule has 0 saturated carbocycles. The van der Waals surface area contributed by atoms with Crippen LogP contribution in [0.5, 0.6) is 11.5 Å². The average Bonchev–Trinajstić information content (AvgIpc) is 2.98. The summed E-state index contributed by atoms with van der Waals surface area (Å²) in [4.78, 5) is 0. The topological polar surface area (TPSA) is 74.1 Å². The van der Waals surface area contributed by atoms with Crippen molar-refractivity contribution in [2.24, 2.45) is 7.05 Å². The lowest BCUT2D eigenvalue weighted by Gasteiger charge is -2.14. The van der Waals surface area contributed by atoms with Crippen LogP contribution in [0.3, 0.4) is 0 Å². The summed E-state index contributed by atoms with van der Waals surface area (Å²) in [6, 6.07) is 3.99. The highest BCUT2D eigenvalue weighted by molar-refractivity contribution is 9.10. The molecular formula is C15H20BrN5O2S. The Hall–Kier alpha value is -1.58. The van der Waals surface area contributed by atoms with Gasteiger partial charge in [-0.2, -0.15) is 0 Å². The molecule has 1 heterocycles. The molecule has 2 rings (SSSR count). The zero-order chi connectivity index (χ0) is 17.4. The zero-order valence-corrected chi connectivity index (χ0v) is 16.1. The van der Waals surface area contributed by atoms with Crippen molar-refractivity contribution in [2.75, 3.05) is 26.0 Å². The smallest absolute Gasteiger partial charge is 0.209 e. The number of thioether (sulfide) groups is 1. The van der Waals surface area contributed by atoms with Gasteiger partial charge in [-0.15, -0.1) is 5.10 Å². The molecule has 1 N–H and O–H groups in total. The summed E-state index contributed by atoms with van der Waals surface area (Å²) >= 11 is 5.14. The minimum atomic E-state index is 0.431. The van der Waals surface area contributed by atoms with Crippen LogP contribution in [0, 0.1) is 0 Å². The van der Waals surface area contributed by atoms with Crippen LogP contribution < -0.4 is 14.8 Å². The van der Waals surface area contributed by atoms with E-state index < -0.39 is 0 Å². The van der Waals surface area contributed by atoms with E-state index in [9.17, 15) is 0 Å². The van der Waals surface area contributed by atoms with Crippen molar-refractivity contribution in [3.05, 3.63) is 34.8 Å². The number of nitrogens with one attached hydrogen (secondary N) is 1. The van der Waals surface area contributed by atoms with Gasteiger partial charge in [0.1, 0.15) is 6.61 Å². The summed E-state index contributed by atoms with van der Waals surface area (Å²) in [6.45, 7) is 5.65. The van der Waals surface area contributed by atoms with E-state index in [-0.39, 0.29) is 0 Å². The predicted molar refractivity (Wildman–Crippen MR) is 97.6 cm³/mol. The maximum Gasteiger partial charge on any atom is 0.209 e. The molecule has 1 aromatic heterocycles. The molecule has 0 saturated heterocycles. The summed E-state index contributed by atoms with van der Waals surface area (Å²) in [5, 5.41) is 15.5. The van der Waals surface area contributed by atoms with Crippen LogP contribution in [0.25, 0.3) is 0 Å². The van der Waals surface area contributed by atoms with Crippen LogP contribution in [0.2, 0.25) is 0 Å². The molecule has 0 aliphatic carbocycles.